The lowest BCUT2D eigenvalue weighted by atomic mass is 9.91. The van der Waals surface area contributed by atoms with Crippen LogP contribution in [0, 0.1) is 0 Å². The van der Waals surface area contributed by atoms with Crippen LogP contribution < -0.4 is 10.2 Å². The van der Waals surface area contributed by atoms with Crippen LogP contribution >= 0.6 is 0 Å². The van der Waals surface area contributed by atoms with Crippen LogP contribution in [-0.2, 0) is 4.79 Å². The maximum absolute atomic E-state index is 11.8. The van der Waals surface area contributed by atoms with Crippen molar-refractivity contribution in [2.75, 3.05) is 6.61 Å². The van der Waals surface area contributed by atoms with Crippen molar-refractivity contribution in [2.24, 2.45) is 0 Å². The normalized spacial score (nSPS) is 10.9. The molecule has 1 heterocycles. The molecule has 7 nitrogen and oxygen atoms in total. The maximum atomic E-state index is 11.8. The van der Waals surface area contributed by atoms with Crippen molar-refractivity contribution in [1.29, 1.82) is 0 Å². The van der Waals surface area contributed by atoms with Crippen molar-refractivity contribution in [2.45, 2.75) is 0 Å². The van der Waals surface area contributed by atoms with Gasteiger partial charge in [-0.1, -0.05) is 18.2 Å². The molecule has 2 aromatic rings. The summed E-state index contributed by atoms with van der Waals surface area (Å²) in [5.74, 6) is -1.63. The summed E-state index contributed by atoms with van der Waals surface area (Å²) in [5, 5.41) is 19.0. The number of hydrogen-bond acceptors (Lipinski definition) is 5. The van der Waals surface area contributed by atoms with Crippen molar-refractivity contribution in [3.63, 3.8) is 0 Å². The molecule has 0 saturated heterocycles. The molecule has 2 aliphatic rings. The summed E-state index contributed by atoms with van der Waals surface area (Å²) in [7, 11) is 0. The van der Waals surface area contributed by atoms with E-state index in [1.165, 1.54) is 24.3 Å². The number of fused-ring (bicyclic) bond motifs is 2. The molecule has 144 valence electrons. The third-order valence-corrected chi connectivity index (χ3v) is 4.45. The molecule has 7 heteroatoms. The lowest BCUT2D eigenvalue weighted by Crippen LogP contribution is -2.09. The van der Waals surface area contributed by atoms with Gasteiger partial charge in [-0.15, -0.1) is 0 Å². The van der Waals surface area contributed by atoms with E-state index in [4.69, 9.17) is 14.3 Å². The minimum Gasteiger partial charge on any atom is -0.482 e. The van der Waals surface area contributed by atoms with E-state index in [9.17, 15) is 19.5 Å². The second kappa shape index (κ2) is 7.12. The zero-order valence-corrected chi connectivity index (χ0v) is 14.9. The summed E-state index contributed by atoms with van der Waals surface area (Å²) >= 11 is 0. The lowest BCUT2D eigenvalue weighted by Gasteiger charge is -2.17. The fraction of sp³-hybridized carbons (Fsp3) is 0.0455. The Bertz CT molecular complexity index is 1290. The summed E-state index contributed by atoms with van der Waals surface area (Å²) in [5.41, 5.74) is 1.86. The molecular weight excluding hydrogens is 376 g/mol. The van der Waals surface area contributed by atoms with Gasteiger partial charge in [0.2, 0.25) is 0 Å². The van der Waals surface area contributed by atoms with Gasteiger partial charge in [0.1, 0.15) is 17.1 Å². The second-order valence-electron chi connectivity index (χ2n) is 6.33. The van der Waals surface area contributed by atoms with Gasteiger partial charge in [-0.05, 0) is 35.9 Å². The van der Waals surface area contributed by atoms with Crippen molar-refractivity contribution in [1.82, 2.24) is 0 Å². The third-order valence-electron chi connectivity index (χ3n) is 4.45. The van der Waals surface area contributed by atoms with E-state index in [0.717, 1.165) is 0 Å². The quantitative estimate of drug-likeness (QED) is 0.499. The van der Waals surface area contributed by atoms with Crippen LogP contribution in [0.1, 0.15) is 10.4 Å². The predicted octanol–water partition coefficient (Wildman–Crippen LogP) is 3.73. The molecule has 1 aliphatic carbocycles. The molecule has 0 aromatic heterocycles. The highest BCUT2D eigenvalue weighted by Gasteiger charge is 2.21. The molecule has 4 rings (SSSR count). The van der Waals surface area contributed by atoms with Crippen LogP contribution in [0.2, 0.25) is 0 Å². The molecule has 29 heavy (non-hydrogen) atoms. The lowest BCUT2D eigenvalue weighted by molar-refractivity contribution is -0.139. The van der Waals surface area contributed by atoms with E-state index in [0.29, 0.717) is 27.7 Å². The van der Waals surface area contributed by atoms with Crippen LogP contribution in [-0.4, -0.2) is 28.8 Å². The van der Waals surface area contributed by atoms with Crippen LogP contribution in [0.5, 0.6) is 5.75 Å². The number of benzene rings is 3. The first-order valence-electron chi connectivity index (χ1n) is 8.62. The zero-order valence-electron chi connectivity index (χ0n) is 14.9. The average molecular weight is 390 g/mol. The first-order valence-corrected chi connectivity index (χ1v) is 8.62. The summed E-state index contributed by atoms with van der Waals surface area (Å²) in [4.78, 5) is 34.4. The Morgan fingerprint density at radius 1 is 0.931 bits per heavy atom. The van der Waals surface area contributed by atoms with Crippen molar-refractivity contribution in [3.8, 4) is 28.2 Å². The van der Waals surface area contributed by atoms with Gasteiger partial charge in [-0.3, -0.25) is 4.79 Å². The van der Waals surface area contributed by atoms with Gasteiger partial charge in [0.25, 0.3) is 0 Å². The molecule has 0 unspecified atom stereocenters. The van der Waals surface area contributed by atoms with Crippen molar-refractivity contribution in [3.05, 3.63) is 76.5 Å². The number of carboxylic acids is 2. The fourth-order valence-electron chi connectivity index (χ4n) is 3.26. The summed E-state index contributed by atoms with van der Waals surface area (Å²) in [6.45, 7) is -0.515. The number of carboxylic acid groups (broad SMARTS) is 2. The van der Waals surface area contributed by atoms with Crippen LogP contribution in [0.4, 0.5) is 0 Å². The Balaban J connectivity index is 2.05. The molecule has 0 fully saturated rings. The molecule has 0 bridgehead atoms. The molecule has 2 aromatic carbocycles. The smallest absolute Gasteiger partial charge is 0.341 e. The molecule has 2 N–H and O–H groups in total. The predicted molar refractivity (Wildman–Crippen MR) is 105 cm³/mol. The van der Waals surface area contributed by atoms with Gasteiger partial charge >= 0.3 is 11.9 Å². The van der Waals surface area contributed by atoms with Gasteiger partial charge < -0.3 is 19.4 Å². The maximum Gasteiger partial charge on any atom is 0.341 e. The van der Waals surface area contributed by atoms with Crippen LogP contribution in [0.25, 0.3) is 33.4 Å². The molecular formula is C22H14O7. The van der Waals surface area contributed by atoms with Crippen LogP contribution in [0.3, 0.4) is 0 Å². The molecule has 1 aliphatic heterocycles. The van der Waals surface area contributed by atoms with E-state index in [2.05, 4.69) is 0 Å². The van der Waals surface area contributed by atoms with E-state index in [1.807, 2.05) is 0 Å². The Kier molecular flexibility index (Phi) is 4.48. The highest BCUT2D eigenvalue weighted by atomic mass is 16.5. The van der Waals surface area contributed by atoms with Gasteiger partial charge in [0.05, 0.1) is 5.56 Å². The molecule has 0 spiro atoms. The largest absolute Gasteiger partial charge is 0.482 e. The molecule has 0 radical (unpaired) electrons. The number of rotatable bonds is 5. The van der Waals surface area contributed by atoms with E-state index in [-0.39, 0.29) is 22.5 Å². The minimum atomic E-state index is -1.12. The Morgan fingerprint density at radius 2 is 1.72 bits per heavy atom. The Morgan fingerprint density at radius 3 is 2.48 bits per heavy atom. The average Bonchev–Trinajstić information content (AvgIpc) is 2.70. The fourth-order valence-corrected chi connectivity index (χ4v) is 3.26. The van der Waals surface area contributed by atoms with Gasteiger partial charge in [0, 0.05) is 28.6 Å². The van der Waals surface area contributed by atoms with Crippen LogP contribution in [0.15, 0.2) is 69.9 Å². The SMILES string of the molecule is O=C(O)COc1ccc2c(-c3ccccc3C(=O)O)c3ccc(=O)cc-3oc2c1. The first kappa shape index (κ1) is 18.2. The van der Waals surface area contributed by atoms with E-state index < -0.39 is 18.5 Å². The minimum absolute atomic E-state index is 0.110. The molecule has 0 amide bonds. The third kappa shape index (κ3) is 3.41. The number of carbonyl (C=O) groups is 2. The molecule has 0 atom stereocenters. The summed E-state index contributed by atoms with van der Waals surface area (Å²) in [6, 6.07) is 15.7. The van der Waals surface area contributed by atoms with E-state index in [1.54, 1.807) is 36.4 Å². The van der Waals surface area contributed by atoms with E-state index >= 15 is 0 Å². The Hall–Kier alpha value is -4.13. The number of ether oxygens (including phenoxy) is 1. The van der Waals surface area contributed by atoms with Gasteiger partial charge in [0.15, 0.2) is 12.0 Å². The topological polar surface area (TPSA) is 114 Å². The summed E-state index contributed by atoms with van der Waals surface area (Å²) < 4.78 is 11.1. The highest BCUT2D eigenvalue weighted by Crippen LogP contribution is 2.41. The number of hydrogen-bond donors (Lipinski definition) is 2. The van der Waals surface area contributed by atoms with Gasteiger partial charge in [-0.2, -0.15) is 0 Å². The standard InChI is InChI=1S/C22H14O7/c23-12-5-7-16-18(9-12)29-19-10-13(28-11-20(24)25)6-8-17(19)21(16)14-3-1-2-4-15(14)22(26)27/h1-10H,11H2,(H,24,25)(H,26,27). The molecule has 0 saturated carbocycles. The first-order chi connectivity index (χ1) is 13.9. The number of aromatic carboxylic acids is 1. The second-order valence-corrected chi connectivity index (χ2v) is 6.33. The monoisotopic (exact) mass is 390 g/mol. The highest BCUT2D eigenvalue weighted by molar-refractivity contribution is 6.07. The van der Waals surface area contributed by atoms with Crippen molar-refractivity contribution >= 4 is 22.9 Å². The van der Waals surface area contributed by atoms with Crippen molar-refractivity contribution < 1.29 is 29.0 Å². The Labute approximate surface area is 163 Å². The zero-order chi connectivity index (χ0) is 20.5. The number of aliphatic carboxylic acids is 1. The summed E-state index contributed by atoms with van der Waals surface area (Å²) in [6.07, 6.45) is 0. The van der Waals surface area contributed by atoms with Gasteiger partial charge in [-0.25, -0.2) is 9.59 Å².